The average Bonchev–Trinajstić information content (AvgIpc) is 3.03. The number of aromatic nitrogens is 1. The lowest BCUT2D eigenvalue weighted by molar-refractivity contribution is 0.102. The molecule has 3 rings (SSSR count). The summed E-state index contributed by atoms with van der Waals surface area (Å²) in [6.07, 6.45) is 1.53. The summed E-state index contributed by atoms with van der Waals surface area (Å²) in [6.45, 7) is 7.76. The van der Waals surface area contributed by atoms with Crippen LogP contribution in [0.25, 0.3) is 0 Å². The van der Waals surface area contributed by atoms with E-state index in [1.54, 1.807) is 26.0 Å². The molecule has 1 aliphatic rings. The van der Waals surface area contributed by atoms with E-state index in [1.807, 2.05) is 19.9 Å². The summed E-state index contributed by atoms with van der Waals surface area (Å²) < 4.78 is 31.4. The zero-order valence-electron chi connectivity index (χ0n) is 16.1. The number of aryl methyl sites for hydroxylation is 2. The Morgan fingerprint density at radius 2 is 2.11 bits per heavy atom. The molecule has 27 heavy (non-hydrogen) atoms. The van der Waals surface area contributed by atoms with Gasteiger partial charge < -0.3 is 9.84 Å². The van der Waals surface area contributed by atoms with Crippen LogP contribution in [0.2, 0.25) is 0 Å². The standard InChI is InChI=1S/C19H25N3O4S/c1-5-27(24,25)22-10-6-7-14-11-15(8-9-16(14)22)20-19(23)17-13(4)21-26-18(17)12(2)3/h8-9,11-12H,5-7,10H2,1-4H3,(H,20,23). The van der Waals surface area contributed by atoms with E-state index >= 15 is 0 Å². The van der Waals surface area contributed by atoms with Gasteiger partial charge in [-0.15, -0.1) is 0 Å². The fourth-order valence-corrected chi connectivity index (χ4v) is 4.53. The first-order valence-electron chi connectivity index (χ1n) is 9.15. The van der Waals surface area contributed by atoms with E-state index in [4.69, 9.17) is 4.52 Å². The van der Waals surface area contributed by atoms with Crippen LogP contribution in [0.3, 0.4) is 0 Å². The third kappa shape index (κ3) is 3.71. The summed E-state index contributed by atoms with van der Waals surface area (Å²) >= 11 is 0. The Morgan fingerprint density at radius 1 is 1.37 bits per heavy atom. The van der Waals surface area contributed by atoms with Crippen LogP contribution in [-0.2, 0) is 16.4 Å². The summed E-state index contributed by atoms with van der Waals surface area (Å²) in [7, 11) is -3.30. The van der Waals surface area contributed by atoms with Crippen LogP contribution < -0.4 is 9.62 Å². The summed E-state index contributed by atoms with van der Waals surface area (Å²) in [6, 6.07) is 5.35. The van der Waals surface area contributed by atoms with Crippen molar-refractivity contribution < 1.29 is 17.7 Å². The van der Waals surface area contributed by atoms with E-state index in [0.717, 1.165) is 18.4 Å². The molecule has 8 heteroatoms. The normalized spacial score (nSPS) is 14.3. The second-order valence-corrected chi connectivity index (χ2v) is 9.22. The van der Waals surface area contributed by atoms with Crippen LogP contribution in [0, 0.1) is 6.92 Å². The van der Waals surface area contributed by atoms with Gasteiger partial charge in [0.2, 0.25) is 10.0 Å². The Bertz CT molecular complexity index is 963. The minimum atomic E-state index is -3.30. The Balaban J connectivity index is 1.88. The molecule has 1 aromatic heterocycles. The molecular formula is C19H25N3O4S. The number of nitrogens with zero attached hydrogens (tertiary/aromatic N) is 2. The monoisotopic (exact) mass is 391 g/mol. The molecule has 0 saturated heterocycles. The minimum Gasteiger partial charge on any atom is -0.360 e. The Hall–Kier alpha value is -2.35. The summed E-state index contributed by atoms with van der Waals surface area (Å²) in [4.78, 5) is 12.7. The predicted octanol–water partition coefficient (Wildman–Crippen LogP) is 3.46. The molecule has 1 aliphatic heterocycles. The number of rotatable bonds is 5. The van der Waals surface area contributed by atoms with Crippen LogP contribution in [0.15, 0.2) is 22.7 Å². The second kappa shape index (κ2) is 7.34. The van der Waals surface area contributed by atoms with E-state index in [2.05, 4.69) is 10.5 Å². The molecule has 7 nitrogen and oxygen atoms in total. The third-order valence-corrected chi connectivity index (χ3v) is 6.53. The summed E-state index contributed by atoms with van der Waals surface area (Å²) in [5.41, 5.74) is 3.25. The topological polar surface area (TPSA) is 92.5 Å². The van der Waals surface area contributed by atoms with Crippen LogP contribution in [0.1, 0.15) is 60.5 Å². The zero-order valence-corrected chi connectivity index (χ0v) is 16.9. The van der Waals surface area contributed by atoms with Crippen molar-refractivity contribution in [1.29, 1.82) is 0 Å². The quantitative estimate of drug-likeness (QED) is 0.842. The number of amides is 1. The molecule has 1 amide bonds. The molecule has 0 atom stereocenters. The van der Waals surface area contributed by atoms with Crippen molar-refractivity contribution in [1.82, 2.24) is 5.16 Å². The number of hydrogen-bond donors (Lipinski definition) is 1. The predicted molar refractivity (Wildman–Crippen MR) is 105 cm³/mol. The maximum absolute atomic E-state index is 12.7. The van der Waals surface area contributed by atoms with Gasteiger partial charge in [-0.2, -0.15) is 0 Å². The van der Waals surface area contributed by atoms with Gasteiger partial charge in [0.15, 0.2) is 5.76 Å². The molecule has 0 saturated carbocycles. The first kappa shape index (κ1) is 19.4. The lowest BCUT2D eigenvalue weighted by atomic mass is 10.0. The smallest absolute Gasteiger partial charge is 0.261 e. The summed E-state index contributed by atoms with van der Waals surface area (Å²) in [5, 5.41) is 6.80. The van der Waals surface area contributed by atoms with E-state index in [9.17, 15) is 13.2 Å². The van der Waals surface area contributed by atoms with Gasteiger partial charge in [-0.25, -0.2) is 8.42 Å². The lowest BCUT2D eigenvalue weighted by Gasteiger charge is -2.30. The maximum atomic E-state index is 12.7. The maximum Gasteiger partial charge on any atom is 0.261 e. The highest BCUT2D eigenvalue weighted by molar-refractivity contribution is 7.92. The summed E-state index contributed by atoms with van der Waals surface area (Å²) in [5.74, 6) is 0.396. The van der Waals surface area contributed by atoms with Crippen molar-refractivity contribution in [3.8, 4) is 0 Å². The zero-order chi connectivity index (χ0) is 19.8. The Kier molecular flexibility index (Phi) is 5.28. The molecule has 146 valence electrons. The van der Waals surface area contributed by atoms with E-state index in [0.29, 0.717) is 34.9 Å². The second-order valence-electron chi connectivity index (χ2n) is 7.04. The average molecular weight is 391 g/mol. The molecule has 0 spiro atoms. The van der Waals surface area contributed by atoms with Crippen molar-refractivity contribution in [3.05, 3.63) is 40.8 Å². The molecule has 1 N–H and O–H groups in total. The van der Waals surface area contributed by atoms with E-state index in [1.165, 1.54) is 4.31 Å². The fourth-order valence-electron chi connectivity index (χ4n) is 3.34. The van der Waals surface area contributed by atoms with Gasteiger partial charge >= 0.3 is 0 Å². The highest BCUT2D eigenvalue weighted by Gasteiger charge is 2.27. The van der Waals surface area contributed by atoms with Gasteiger partial charge in [0.05, 0.1) is 17.1 Å². The molecule has 2 heterocycles. The number of carbonyl (C=O) groups is 1. The van der Waals surface area contributed by atoms with Gasteiger partial charge in [-0.3, -0.25) is 9.10 Å². The largest absolute Gasteiger partial charge is 0.360 e. The van der Waals surface area contributed by atoms with Gasteiger partial charge in [-0.05, 0) is 50.5 Å². The molecule has 0 radical (unpaired) electrons. The molecule has 0 unspecified atom stereocenters. The number of hydrogen-bond acceptors (Lipinski definition) is 5. The molecule has 1 aromatic carbocycles. The van der Waals surface area contributed by atoms with Gasteiger partial charge in [0, 0.05) is 18.2 Å². The number of carbonyl (C=O) groups excluding carboxylic acids is 1. The first-order chi connectivity index (χ1) is 12.7. The van der Waals surface area contributed by atoms with Crippen molar-refractivity contribution in [3.63, 3.8) is 0 Å². The molecule has 0 bridgehead atoms. The van der Waals surface area contributed by atoms with Crippen molar-refractivity contribution in [2.75, 3.05) is 21.9 Å². The highest BCUT2D eigenvalue weighted by Crippen LogP contribution is 2.32. The fraction of sp³-hybridized carbons (Fsp3) is 0.474. The van der Waals surface area contributed by atoms with E-state index < -0.39 is 10.0 Å². The van der Waals surface area contributed by atoms with Crippen molar-refractivity contribution >= 4 is 27.3 Å². The highest BCUT2D eigenvalue weighted by atomic mass is 32.2. The lowest BCUT2D eigenvalue weighted by Crippen LogP contribution is -2.36. The van der Waals surface area contributed by atoms with Gasteiger partial charge in [-0.1, -0.05) is 19.0 Å². The number of nitrogens with one attached hydrogen (secondary N) is 1. The van der Waals surface area contributed by atoms with Crippen LogP contribution >= 0.6 is 0 Å². The Morgan fingerprint density at radius 3 is 2.78 bits per heavy atom. The van der Waals surface area contributed by atoms with Crippen LogP contribution in [0.4, 0.5) is 11.4 Å². The van der Waals surface area contributed by atoms with Crippen molar-refractivity contribution in [2.45, 2.75) is 46.5 Å². The first-order valence-corrected chi connectivity index (χ1v) is 10.8. The molecule has 2 aromatic rings. The van der Waals surface area contributed by atoms with Crippen LogP contribution in [-0.4, -0.2) is 31.8 Å². The van der Waals surface area contributed by atoms with Gasteiger partial charge in [0.25, 0.3) is 5.91 Å². The Labute approximate surface area is 159 Å². The van der Waals surface area contributed by atoms with Crippen LogP contribution in [0.5, 0.6) is 0 Å². The molecular weight excluding hydrogens is 366 g/mol. The minimum absolute atomic E-state index is 0.0447. The SMILES string of the molecule is CCS(=O)(=O)N1CCCc2cc(NC(=O)c3c(C)noc3C(C)C)ccc21. The number of fused-ring (bicyclic) bond motifs is 1. The molecule has 0 fully saturated rings. The van der Waals surface area contributed by atoms with Crippen molar-refractivity contribution in [2.24, 2.45) is 0 Å². The molecule has 0 aliphatic carbocycles. The number of benzene rings is 1. The van der Waals surface area contributed by atoms with E-state index in [-0.39, 0.29) is 17.6 Å². The number of sulfonamides is 1. The van der Waals surface area contributed by atoms with Gasteiger partial charge in [0.1, 0.15) is 5.56 Å². The third-order valence-electron chi connectivity index (χ3n) is 4.75. The number of anilines is 2.